The second kappa shape index (κ2) is 27.6. The van der Waals surface area contributed by atoms with Gasteiger partial charge in [-0.15, -0.1) is 34.0 Å². The van der Waals surface area contributed by atoms with Gasteiger partial charge >= 0.3 is 46.8 Å². The van der Waals surface area contributed by atoms with Crippen LogP contribution in [-0.4, -0.2) is 78.9 Å². The molecule has 9 rings (SSSR count). The van der Waals surface area contributed by atoms with Crippen molar-refractivity contribution < 1.29 is 51.8 Å². The first-order valence-corrected chi connectivity index (χ1v) is 26.1. The van der Waals surface area contributed by atoms with Gasteiger partial charge in [0.1, 0.15) is 26.7 Å². The van der Waals surface area contributed by atoms with E-state index in [2.05, 4.69) is 25.4 Å². The van der Waals surface area contributed by atoms with Crippen LogP contribution in [0.5, 0.6) is 0 Å². The fourth-order valence-electron chi connectivity index (χ4n) is 6.10. The third-order valence-electron chi connectivity index (χ3n) is 10.1. The third-order valence-corrected chi connectivity index (χ3v) is 15.7. The normalized spacial score (nSPS) is 10.4. The Balaban J connectivity index is 0.000000205. The van der Waals surface area contributed by atoms with Crippen LogP contribution < -0.4 is 48.4 Å². The van der Waals surface area contributed by atoms with E-state index < -0.39 is 52.4 Å². The Labute approximate surface area is 489 Å². The molecule has 30 heteroatoms. The predicted octanol–water partition coefficient (Wildman–Crippen LogP) is 13.0. The van der Waals surface area contributed by atoms with Crippen molar-refractivity contribution in [2.45, 2.75) is 0 Å². The first-order valence-electron chi connectivity index (χ1n) is 21.4. The number of carboxylic acid groups (broad SMARTS) is 1. The molecule has 0 aliphatic heterocycles. The summed E-state index contributed by atoms with van der Waals surface area (Å²) >= 11 is 38.4. The standard InChI is InChI=1S/C17H12Cl2N2O5S.C16H10Cl2N2O5S.C10H9NO4S.C6H5Cl2N.B/c1-21(17(24)20-8-3-4-10(18)11(19)5-8)14-7-12-13(27-14)6-9(15(22)25-2)16(23)26-12;1-20(16(24)19-7-2-3-9(17)10(18)4-7)13-6-11-12(26-13)5-8(14(21)22)15(23)25-11;1-11-8-4-6-7(16-8)3-5(9(12)14-2)10(13)15-6;7-5-2-1-4(9)3-6(5)8;/h3-7H,1-2H3,(H,20,24);2-6H,1H3,(H,19,24)(H,21,22);3-4,11H,1-2H3;1-3H,9H2;. The molecule has 0 fully saturated rings. The Bertz CT molecular complexity index is 3980. The van der Waals surface area contributed by atoms with Crippen molar-refractivity contribution in [3.05, 3.63) is 169 Å². The zero-order valence-corrected chi connectivity index (χ0v) is 47.9. The molecule has 6 aromatic heterocycles. The Morgan fingerprint density at radius 1 is 0.532 bits per heavy atom. The number of aromatic carboxylic acids is 1. The molecule has 6 heterocycles. The molecule has 3 radical (unpaired) electrons. The van der Waals surface area contributed by atoms with E-state index in [1.54, 1.807) is 62.6 Å². The molecular weight excluding hydrogens is 1220 g/mol. The highest BCUT2D eigenvalue weighted by Gasteiger charge is 2.22. The number of carboxylic acids is 1. The van der Waals surface area contributed by atoms with Crippen LogP contribution in [0.15, 0.2) is 119 Å². The van der Waals surface area contributed by atoms with Gasteiger partial charge in [0.2, 0.25) is 0 Å². The summed E-state index contributed by atoms with van der Waals surface area (Å²) in [5.74, 6) is -2.84. The molecule has 409 valence electrons. The first-order chi connectivity index (χ1) is 36.9. The Morgan fingerprint density at radius 3 is 1.27 bits per heavy atom. The summed E-state index contributed by atoms with van der Waals surface area (Å²) in [6, 6.07) is 22.3. The number of benzene rings is 3. The van der Waals surface area contributed by atoms with Gasteiger partial charge < -0.3 is 49.5 Å². The number of methoxy groups -OCH3 is 2. The van der Waals surface area contributed by atoms with Gasteiger partial charge in [-0.3, -0.25) is 9.80 Å². The lowest BCUT2D eigenvalue weighted by Gasteiger charge is -2.16. The van der Waals surface area contributed by atoms with Gasteiger partial charge in [-0.25, -0.2) is 38.4 Å². The molecule has 0 aliphatic rings. The maximum Gasteiger partial charge on any atom is 0.351 e. The number of nitrogens with two attached hydrogens (primary N) is 1. The van der Waals surface area contributed by atoms with Crippen LogP contribution in [0.25, 0.3) is 30.8 Å². The number of nitrogens with one attached hydrogen (secondary N) is 3. The van der Waals surface area contributed by atoms with Crippen LogP contribution in [-0.2, 0) is 9.47 Å². The summed E-state index contributed by atoms with van der Waals surface area (Å²) in [5, 5.41) is 21.5. The number of hydrogen-bond donors (Lipinski definition) is 5. The molecule has 0 saturated carbocycles. The minimum Gasteiger partial charge on any atom is -0.477 e. The lowest BCUT2D eigenvalue weighted by atomic mass is 10.3. The second-order valence-corrected chi connectivity index (χ2v) is 20.9. The molecule has 0 unspecified atom stereocenters. The lowest BCUT2D eigenvalue weighted by molar-refractivity contribution is 0.0587. The smallest absolute Gasteiger partial charge is 0.351 e. The van der Waals surface area contributed by atoms with E-state index in [4.69, 9.17) is 93.7 Å². The number of amides is 4. The average Bonchev–Trinajstić information content (AvgIpc) is 4.33. The van der Waals surface area contributed by atoms with Crippen molar-refractivity contribution in [3.8, 4) is 0 Å². The summed E-state index contributed by atoms with van der Waals surface area (Å²) in [5.41, 5.74) is 4.69. The molecule has 0 atom stereocenters. The van der Waals surface area contributed by atoms with Crippen LogP contribution in [0, 0.1) is 0 Å². The zero-order chi connectivity index (χ0) is 57.3. The fraction of sp³-hybridized carbons (Fsp3) is 0.102. The van der Waals surface area contributed by atoms with Crippen LogP contribution in [0.3, 0.4) is 0 Å². The number of thiophene rings is 3. The maximum absolute atomic E-state index is 12.5. The summed E-state index contributed by atoms with van der Waals surface area (Å²) < 4.78 is 25.9. The quantitative estimate of drug-likeness (QED) is 0.0537. The Hall–Kier alpha value is -7.26. The van der Waals surface area contributed by atoms with E-state index >= 15 is 0 Å². The number of ether oxygens (including phenoxy) is 2. The first kappa shape index (κ1) is 62.6. The lowest BCUT2D eigenvalue weighted by Crippen LogP contribution is -2.30. The number of anilines is 6. The number of esters is 2. The van der Waals surface area contributed by atoms with E-state index in [-0.39, 0.29) is 30.7 Å². The molecular formula is C49H36BCl6N6O14S3. The van der Waals surface area contributed by atoms with Gasteiger partial charge in [0.15, 0.2) is 16.7 Å². The number of nitrogen functional groups attached to an aromatic ring is 1. The molecule has 0 aliphatic carbocycles. The molecule has 4 amide bonds. The van der Waals surface area contributed by atoms with Gasteiger partial charge in [0.25, 0.3) is 0 Å². The molecule has 9 aromatic rings. The summed E-state index contributed by atoms with van der Waals surface area (Å²) in [6.45, 7) is 0. The number of hydrogen-bond acceptors (Lipinski definition) is 18. The molecule has 3 aromatic carbocycles. The summed E-state index contributed by atoms with van der Waals surface area (Å²) in [7, 11) is 7.24. The van der Waals surface area contributed by atoms with Crippen molar-refractivity contribution in [2.24, 2.45) is 0 Å². The van der Waals surface area contributed by atoms with E-state index in [0.717, 1.165) is 21.0 Å². The molecule has 0 saturated heterocycles. The van der Waals surface area contributed by atoms with Crippen LogP contribution in [0.2, 0.25) is 30.1 Å². The van der Waals surface area contributed by atoms with E-state index in [1.807, 2.05) is 0 Å². The maximum atomic E-state index is 12.5. The molecule has 20 nitrogen and oxygen atoms in total. The van der Waals surface area contributed by atoms with Gasteiger partial charge in [-0.05, 0) is 72.8 Å². The van der Waals surface area contributed by atoms with Gasteiger partial charge in [0.05, 0.1) is 63.5 Å². The van der Waals surface area contributed by atoms with Crippen LogP contribution in [0.4, 0.5) is 41.7 Å². The number of halogens is 6. The molecule has 0 bridgehead atoms. The number of rotatable bonds is 8. The topological polar surface area (TPSA) is 283 Å². The van der Waals surface area contributed by atoms with Gasteiger partial charge in [-0.1, -0.05) is 69.6 Å². The highest BCUT2D eigenvalue weighted by atomic mass is 35.5. The molecule has 6 N–H and O–H groups in total. The predicted molar refractivity (Wildman–Crippen MR) is 315 cm³/mol. The average molecular weight is 1250 g/mol. The Morgan fingerprint density at radius 2 is 0.899 bits per heavy atom. The zero-order valence-electron chi connectivity index (χ0n) is 41.0. The van der Waals surface area contributed by atoms with Crippen molar-refractivity contribution >= 4 is 205 Å². The number of carbonyl (C=O) groups is 5. The highest BCUT2D eigenvalue weighted by Crippen LogP contribution is 2.35. The fourth-order valence-corrected chi connectivity index (χ4v) is 9.86. The van der Waals surface area contributed by atoms with Crippen molar-refractivity contribution in [1.29, 1.82) is 0 Å². The number of urea groups is 2. The monoisotopic (exact) mass is 1250 g/mol. The number of carbonyl (C=O) groups excluding carboxylic acids is 4. The summed E-state index contributed by atoms with van der Waals surface area (Å²) in [6.07, 6.45) is 0. The van der Waals surface area contributed by atoms with Crippen molar-refractivity contribution in [1.82, 2.24) is 0 Å². The van der Waals surface area contributed by atoms with E-state index in [9.17, 15) is 38.4 Å². The van der Waals surface area contributed by atoms with E-state index in [1.165, 1.54) is 96.2 Å². The van der Waals surface area contributed by atoms with Crippen LogP contribution in [0.1, 0.15) is 31.1 Å². The highest BCUT2D eigenvalue weighted by molar-refractivity contribution is 7.23. The molecule has 79 heavy (non-hydrogen) atoms. The van der Waals surface area contributed by atoms with Crippen LogP contribution >= 0.6 is 104 Å². The number of fused-ring (bicyclic) bond motifs is 3. The summed E-state index contributed by atoms with van der Waals surface area (Å²) in [4.78, 5) is 96.3. The molecule has 0 spiro atoms. The number of nitrogens with zero attached hydrogens (tertiary/aromatic N) is 2. The van der Waals surface area contributed by atoms with E-state index in [0.29, 0.717) is 72.2 Å². The van der Waals surface area contributed by atoms with Gasteiger partial charge in [0, 0.05) is 64.8 Å². The van der Waals surface area contributed by atoms with Gasteiger partial charge in [-0.2, -0.15) is 0 Å². The minimum atomic E-state index is -1.37. The van der Waals surface area contributed by atoms with Crippen molar-refractivity contribution in [3.63, 3.8) is 0 Å². The second-order valence-electron chi connectivity index (χ2n) is 15.3. The van der Waals surface area contributed by atoms with Crippen molar-refractivity contribution in [2.75, 3.05) is 66.8 Å². The SMILES string of the molecule is CN(C(=O)Nc1ccc(Cl)c(Cl)c1)c1cc2oc(=O)c(C(=O)O)cc2s1.CNc1cc2oc(=O)c(C(=O)OC)cc2s1.COC(=O)c1cc2sc(N(C)C(=O)Nc3ccc(Cl)c(Cl)c3)cc2oc1=O.Nc1ccc(Cl)c(Cl)c1.[B]. The largest absolute Gasteiger partial charge is 0.477 e. The Kier molecular flexibility index (Phi) is 21.8. The third kappa shape index (κ3) is 15.7. The minimum absolute atomic E-state index is 0.